The second-order valence-corrected chi connectivity index (χ2v) is 3.63. The molecule has 1 aromatic heterocycles. The van der Waals surface area contributed by atoms with Gasteiger partial charge in [0.1, 0.15) is 0 Å². The van der Waals surface area contributed by atoms with Crippen LogP contribution >= 0.6 is 16.4 Å². The highest BCUT2D eigenvalue weighted by Gasteiger charge is 1.74. The van der Waals surface area contributed by atoms with Gasteiger partial charge in [0.2, 0.25) is 0 Å². The number of hydrogen-bond donors (Lipinski definition) is 0. The first-order valence-corrected chi connectivity index (χ1v) is 3.73. The van der Waals surface area contributed by atoms with Crippen LogP contribution in [0.3, 0.4) is 0 Å². The summed E-state index contributed by atoms with van der Waals surface area (Å²) in [5.74, 6) is 2.19. The summed E-state index contributed by atoms with van der Waals surface area (Å²) in [5, 5.41) is 1.48. The third-order valence-electron chi connectivity index (χ3n) is 0.576. The Morgan fingerprint density at radius 2 is 2.83 bits per heavy atom. The Balaban J connectivity index is 3.05. The molecule has 1 heterocycles. The minimum Gasteiger partial charge on any atom is -0.123 e. The molecule has 2 heteroatoms. The van der Waals surface area contributed by atoms with Crippen molar-refractivity contribution in [3.8, 4) is 0 Å². The predicted octanol–water partition coefficient (Wildman–Crippen LogP) is 2.41. The van der Waals surface area contributed by atoms with E-state index < -0.39 is 0 Å². The van der Waals surface area contributed by atoms with E-state index in [2.05, 4.69) is 18.3 Å². The van der Waals surface area contributed by atoms with Crippen LogP contribution in [0.25, 0.3) is 0 Å². The summed E-state index contributed by atoms with van der Waals surface area (Å²) in [6, 6.07) is 0. The van der Waals surface area contributed by atoms with E-state index in [0.29, 0.717) is 0 Å². The van der Waals surface area contributed by atoms with Gasteiger partial charge in [0.15, 0.2) is 0 Å². The molecule has 0 saturated heterocycles. The van der Waals surface area contributed by atoms with Crippen molar-refractivity contribution in [1.29, 1.82) is 0 Å². The topological polar surface area (TPSA) is 0 Å². The van der Waals surface area contributed by atoms with Crippen LogP contribution in [0, 0.1) is 12.5 Å². The number of hydrogen-bond acceptors (Lipinski definition) is 0. The largest absolute Gasteiger partial charge is 0.123 e. The second-order valence-electron chi connectivity index (χ2n) is 1.18. The Morgan fingerprint density at radius 3 is 3.00 bits per heavy atom. The minimum atomic E-state index is 0.881. The van der Waals surface area contributed by atoms with E-state index in [9.17, 15) is 0 Å². The first kappa shape index (κ1) is 4.37. The highest BCUT2D eigenvalue weighted by Crippen LogP contribution is 2.19. The molecular weight excluding hydrogens is 110 g/mol. The van der Waals surface area contributed by atoms with Gasteiger partial charge in [-0.25, -0.2) is 0 Å². The van der Waals surface area contributed by atoms with E-state index in [-0.39, 0.29) is 0 Å². The zero-order valence-corrected chi connectivity index (χ0v) is 5.42. The molecule has 0 aliphatic heterocycles. The van der Waals surface area contributed by atoms with Crippen LogP contribution in [0.4, 0.5) is 0 Å². The Labute approximate surface area is 40.8 Å². The summed E-state index contributed by atoms with van der Waals surface area (Å²) < 4.78 is 0. The molecular formula is C4H5P2. The van der Waals surface area contributed by atoms with E-state index in [1.54, 1.807) is 0 Å². The molecule has 0 spiro atoms. The lowest BCUT2D eigenvalue weighted by Gasteiger charge is -1.66. The molecule has 6 heavy (non-hydrogen) atoms. The quantitative estimate of drug-likeness (QED) is 0.487. The van der Waals surface area contributed by atoms with Crippen LogP contribution in [0.15, 0.2) is 5.80 Å². The standard InChI is InChI=1S/C4H5P2/c1-4-2-5-3-6-4/h2,6H,1H3. The lowest BCUT2D eigenvalue weighted by Crippen LogP contribution is -1.39. The minimum absolute atomic E-state index is 0.881. The molecule has 0 aliphatic rings. The van der Waals surface area contributed by atoms with Crippen LogP contribution in [0.5, 0.6) is 0 Å². The van der Waals surface area contributed by atoms with E-state index in [0.717, 1.165) is 8.19 Å². The first-order chi connectivity index (χ1) is 2.89. The Bertz CT molecular complexity index is 109. The van der Waals surface area contributed by atoms with E-state index >= 15 is 0 Å². The molecule has 0 bridgehead atoms. The lowest BCUT2D eigenvalue weighted by atomic mass is 10.7. The first-order valence-electron chi connectivity index (χ1n) is 1.77. The van der Waals surface area contributed by atoms with Crippen molar-refractivity contribution < 1.29 is 0 Å². The summed E-state index contributed by atoms with van der Waals surface area (Å²) in [5.41, 5.74) is 3.18. The molecule has 0 nitrogen and oxygen atoms in total. The summed E-state index contributed by atoms with van der Waals surface area (Å²) in [6.45, 7) is 2.14. The third kappa shape index (κ3) is 0.834. The molecule has 0 aromatic carbocycles. The number of aryl methyl sites for hydroxylation is 1. The molecule has 1 rings (SSSR count). The lowest BCUT2D eigenvalue weighted by molar-refractivity contribution is 1.68. The molecule has 31 valence electrons. The van der Waals surface area contributed by atoms with Gasteiger partial charge < -0.3 is 0 Å². The fourth-order valence-electron chi connectivity index (χ4n) is 0.282. The van der Waals surface area contributed by atoms with Crippen molar-refractivity contribution in [3.05, 3.63) is 16.6 Å². The maximum absolute atomic E-state index is 3.18. The molecule has 0 N–H and O–H groups in total. The highest BCUT2D eigenvalue weighted by molar-refractivity contribution is 7.45. The van der Waals surface area contributed by atoms with Gasteiger partial charge in [-0.05, 0) is 18.0 Å². The molecule has 1 aromatic rings. The van der Waals surface area contributed by atoms with Crippen molar-refractivity contribution in [2.24, 2.45) is 0 Å². The summed E-state index contributed by atoms with van der Waals surface area (Å²) in [4.78, 5) is 0. The smallest absolute Gasteiger partial charge is 0.0339 e. The van der Waals surface area contributed by atoms with Crippen LogP contribution in [0.2, 0.25) is 0 Å². The van der Waals surface area contributed by atoms with Crippen LogP contribution in [0.1, 0.15) is 5.30 Å². The van der Waals surface area contributed by atoms with Gasteiger partial charge in [0.25, 0.3) is 0 Å². The zero-order chi connectivity index (χ0) is 4.41. The zero-order valence-electron chi connectivity index (χ0n) is 3.52. The monoisotopic (exact) mass is 115 g/mol. The summed E-state index contributed by atoms with van der Waals surface area (Å²) in [7, 11) is 2.17. The van der Waals surface area contributed by atoms with Crippen molar-refractivity contribution in [3.63, 3.8) is 0 Å². The van der Waals surface area contributed by atoms with Crippen molar-refractivity contribution in [1.82, 2.24) is 0 Å². The fraction of sp³-hybridized carbons (Fsp3) is 0.250. The number of rotatable bonds is 0. The second kappa shape index (κ2) is 1.78. The van der Waals surface area contributed by atoms with Gasteiger partial charge in [0, 0.05) is 5.53 Å². The fourth-order valence-corrected chi connectivity index (χ4v) is 2.15. The Kier molecular flexibility index (Phi) is 1.29. The maximum atomic E-state index is 3.18. The van der Waals surface area contributed by atoms with Gasteiger partial charge in [-0.1, -0.05) is 8.19 Å². The SMILES string of the molecule is Cc1cp[c][pH]1. The van der Waals surface area contributed by atoms with Gasteiger partial charge in [-0.15, -0.1) is 8.19 Å². The van der Waals surface area contributed by atoms with Crippen molar-refractivity contribution in [2.75, 3.05) is 0 Å². The average molecular weight is 115 g/mol. The predicted molar refractivity (Wildman–Crippen MR) is 32.0 cm³/mol. The van der Waals surface area contributed by atoms with Gasteiger partial charge in [-0.3, -0.25) is 0 Å². The van der Waals surface area contributed by atoms with Gasteiger partial charge in [0.05, 0.1) is 0 Å². The van der Waals surface area contributed by atoms with Crippen LogP contribution in [-0.4, -0.2) is 0 Å². The van der Waals surface area contributed by atoms with E-state index in [1.807, 2.05) is 0 Å². The maximum Gasteiger partial charge on any atom is 0.0339 e. The van der Waals surface area contributed by atoms with Gasteiger partial charge >= 0.3 is 0 Å². The van der Waals surface area contributed by atoms with E-state index in [4.69, 9.17) is 0 Å². The Morgan fingerprint density at radius 1 is 2.00 bits per heavy atom. The molecule has 0 aliphatic carbocycles. The van der Waals surface area contributed by atoms with Crippen LogP contribution < -0.4 is 0 Å². The van der Waals surface area contributed by atoms with E-state index in [1.165, 1.54) is 13.5 Å². The average Bonchev–Trinajstić information content (AvgIpc) is 1.86. The molecule has 1 radical (unpaired) electrons. The summed E-state index contributed by atoms with van der Waals surface area (Å²) >= 11 is 0. The molecule has 1 unspecified atom stereocenters. The van der Waals surface area contributed by atoms with Crippen molar-refractivity contribution >= 4 is 16.4 Å². The molecule has 0 fully saturated rings. The molecule has 0 amide bonds. The third-order valence-corrected chi connectivity index (χ3v) is 2.84. The highest BCUT2D eigenvalue weighted by atomic mass is 31.1. The van der Waals surface area contributed by atoms with Crippen LogP contribution in [-0.2, 0) is 0 Å². The Hall–Kier alpha value is 0.210. The summed E-state index contributed by atoms with van der Waals surface area (Å²) in [6.07, 6.45) is 0. The molecule has 1 atom stereocenters. The van der Waals surface area contributed by atoms with Crippen molar-refractivity contribution in [2.45, 2.75) is 6.92 Å². The van der Waals surface area contributed by atoms with Gasteiger partial charge in [-0.2, -0.15) is 0 Å². The molecule has 0 saturated carbocycles. The normalized spacial score (nSPS) is 11.5.